The molecule has 0 spiro atoms. The van der Waals surface area contributed by atoms with Crippen LogP contribution in [0.2, 0.25) is 0 Å². The highest BCUT2D eigenvalue weighted by Gasteiger charge is 2.19. The van der Waals surface area contributed by atoms with Crippen molar-refractivity contribution in [3.63, 3.8) is 0 Å². The van der Waals surface area contributed by atoms with Crippen molar-refractivity contribution >= 4 is 27.8 Å². The van der Waals surface area contributed by atoms with Crippen LogP contribution in [0.5, 0.6) is 17.2 Å². The van der Waals surface area contributed by atoms with Gasteiger partial charge in [0, 0.05) is 16.8 Å². The zero-order valence-electron chi connectivity index (χ0n) is 12.9. The first-order valence-electron chi connectivity index (χ1n) is 6.85. The van der Waals surface area contributed by atoms with Crippen molar-refractivity contribution in [3.05, 3.63) is 35.9 Å². The normalized spacial score (nSPS) is 10.7. The Morgan fingerprint density at radius 2 is 1.65 bits per heavy atom. The van der Waals surface area contributed by atoms with Crippen LogP contribution in [0.25, 0.3) is 21.8 Å². The van der Waals surface area contributed by atoms with Gasteiger partial charge in [-0.1, -0.05) is 0 Å². The maximum Gasteiger partial charge on any atom is 0.337 e. The molecule has 1 heterocycles. The van der Waals surface area contributed by atoms with Crippen LogP contribution < -0.4 is 14.2 Å². The highest BCUT2D eigenvalue weighted by molar-refractivity contribution is 6.15. The zero-order chi connectivity index (χ0) is 16.6. The van der Waals surface area contributed by atoms with E-state index in [2.05, 4.69) is 4.98 Å². The predicted molar refractivity (Wildman–Crippen MR) is 85.9 cm³/mol. The van der Waals surface area contributed by atoms with E-state index >= 15 is 0 Å². The number of benzene rings is 2. The summed E-state index contributed by atoms with van der Waals surface area (Å²) in [5.74, 6) is 0.474. The van der Waals surface area contributed by atoms with E-state index in [1.54, 1.807) is 30.3 Å². The predicted octanol–water partition coefficient (Wildman–Crippen LogP) is 3.11. The second-order valence-electron chi connectivity index (χ2n) is 4.90. The first-order chi connectivity index (χ1) is 11.1. The van der Waals surface area contributed by atoms with Gasteiger partial charge in [0.1, 0.15) is 22.8 Å². The van der Waals surface area contributed by atoms with Gasteiger partial charge in [-0.15, -0.1) is 0 Å². The maximum absolute atomic E-state index is 11.9. The van der Waals surface area contributed by atoms with Crippen molar-refractivity contribution in [3.8, 4) is 17.2 Å². The van der Waals surface area contributed by atoms with Gasteiger partial charge in [-0.05, 0) is 24.3 Å². The van der Waals surface area contributed by atoms with Gasteiger partial charge in [0.15, 0.2) is 0 Å². The summed E-state index contributed by atoms with van der Waals surface area (Å²) in [6.45, 7) is 0. The number of aromatic nitrogens is 1. The third-order valence-corrected chi connectivity index (χ3v) is 3.69. The number of hydrogen-bond donors (Lipinski definition) is 1. The van der Waals surface area contributed by atoms with Crippen LogP contribution in [0, 0.1) is 0 Å². The highest BCUT2D eigenvalue weighted by Crippen LogP contribution is 2.36. The Hall–Kier alpha value is -3.02. The standard InChI is InChI=1S/C17H15NO5/c1-21-9-4-5-13-11(6-9)15(17(19)20)12-7-10(22-2)8-14(23-3)16(12)18-13/h4-8H,1-3H3,(H,19,20). The molecule has 0 fully saturated rings. The lowest BCUT2D eigenvalue weighted by molar-refractivity contribution is 0.0701. The van der Waals surface area contributed by atoms with Crippen molar-refractivity contribution in [1.29, 1.82) is 0 Å². The molecule has 2 aromatic carbocycles. The molecule has 0 unspecified atom stereocenters. The third-order valence-electron chi connectivity index (χ3n) is 3.69. The number of pyridine rings is 1. The average Bonchev–Trinajstić information content (AvgIpc) is 2.57. The molecule has 6 nitrogen and oxygen atoms in total. The summed E-state index contributed by atoms with van der Waals surface area (Å²) >= 11 is 0. The lowest BCUT2D eigenvalue weighted by atomic mass is 10.0. The van der Waals surface area contributed by atoms with Crippen LogP contribution in [0.4, 0.5) is 0 Å². The molecule has 1 N–H and O–H groups in total. The number of hydrogen-bond acceptors (Lipinski definition) is 5. The number of rotatable bonds is 4. The molecule has 118 valence electrons. The Balaban J connectivity index is 2.53. The molecule has 0 atom stereocenters. The van der Waals surface area contributed by atoms with Crippen molar-refractivity contribution in [2.24, 2.45) is 0 Å². The fourth-order valence-electron chi connectivity index (χ4n) is 2.60. The van der Waals surface area contributed by atoms with E-state index in [9.17, 15) is 9.90 Å². The van der Waals surface area contributed by atoms with Gasteiger partial charge in [-0.2, -0.15) is 0 Å². The summed E-state index contributed by atoms with van der Waals surface area (Å²) in [7, 11) is 4.55. The van der Waals surface area contributed by atoms with E-state index in [-0.39, 0.29) is 5.56 Å². The van der Waals surface area contributed by atoms with Crippen LogP contribution in [0.1, 0.15) is 10.4 Å². The second kappa shape index (κ2) is 5.64. The quantitative estimate of drug-likeness (QED) is 0.746. The number of carboxylic acid groups (broad SMARTS) is 1. The van der Waals surface area contributed by atoms with E-state index in [0.717, 1.165) is 0 Å². The number of fused-ring (bicyclic) bond motifs is 2. The van der Waals surface area contributed by atoms with E-state index in [1.165, 1.54) is 21.3 Å². The summed E-state index contributed by atoms with van der Waals surface area (Å²) in [6.07, 6.45) is 0. The Labute approximate surface area is 132 Å². The van der Waals surface area contributed by atoms with Crippen LogP contribution >= 0.6 is 0 Å². The monoisotopic (exact) mass is 313 g/mol. The largest absolute Gasteiger partial charge is 0.497 e. The minimum absolute atomic E-state index is 0.140. The van der Waals surface area contributed by atoms with Crippen molar-refractivity contribution in [2.75, 3.05) is 21.3 Å². The number of methoxy groups -OCH3 is 3. The van der Waals surface area contributed by atoms with Crippen molar-refractivity contribution in [2.45, 2.75) is 0 Å². The first kappa shape index (κ1) is 14.9. The van der Waals surface area contributed by atoms with E-state index < -0.39 is 5.97 Å². The van der Waals surface area contributed by atoms with Crippen LogP contribution in [0.3, 0.4) is 0 Å². The fourth-order valence-corrected chi connectivity index (χ4v) is 2.60. The summed E-state index contributed by atoms with van der Waals surface area (Å²) in [4.78, 5) is 16.4. The topological polar surface area (TPSA) is 77.9 Å². The molecule has 0 bridgehead atoms. The minimum Gasteiger partial charge on any atom is -0.497 e. The lowest BCUT2D eigenvalue weighted by Crippen LogP contribution is -2.02. The lowest BCUT2D eigenvalue weighted by Gasteiger charge is -2.13. The Kier molecular flexibility index (Phi) is 3.65. The summed E-state index contributed by atoms with van der Waals surface area (Å²) < 4.78 is 15.8. The molecule has 0 aliphatic carbocycles. The highest BCUT2D eigenvalue weighted by atomic mass is 16.5. The number of carbonyl (C=O) groups is 1. The number of ether oxygens (including phenoxy) is 3. The zero-order valence-corrected chi connectivity index (χ0v) is 12.9. The number of nitrogens with zero attached hydrogens (tertiary/aromatic N) is 1. The number of aromatic carboxylic acids is 1. The maximum atomic E-state index is 11.9. The van der Waals surface area contributed by atoms with Gasteiger partial charge >= 0.3 is 5.97 Å². The summed E-state index contributed by atoms with van der Waals surface area (Å²) in [5.41, 5.74) is 1.17. The summed E-state index contributed by atoms with van der Waals surface area (Å²) in [5, 5.41) is 10.7. The molecular weight excluding hydrogens is 298 g/mol. The Morgan fingerprint density at radius 1 is 0.957 bits per heavy atom. The Bertz CT molecular complexity index is 920. The van der Waals surface area contributed by atoms with Crippen molar-refractivity contribution in [1.82, 2.24) is 4.98 Å². The molecule has 0 aliphatic heterocycles. The molecule has 0 radical (unpaired) electrons. The van der Waals surface area contributed by atoms with Crippen molar-refractivity contribution < 1.29 is 24.1 Å². The smallest absolute Gasteiger partial charge is 0.337 e. The van der Waals surface area contributed by atoms with Crippen LogP contribution in [0.15, 0.2) is 30.3 Å². The van der Waals surface area contributed by atoms with Gasteiger partial charge in [0.2, 0.25) is 0 Å². The van der Waals surface area contributed by atoms with E-state index in [1.807, 2.05) is 0 Å². The van der Waals surface area contributed by atoms with E-state index in [0.29, 0.717) is 39.1 Å². The third kappa shape index (κ3) is 2.38. The fraction of sp³-hybridized carbons (Fsp3) is 0.176. The van der Waals surface area contributed by atoms with Gasteiger partial charge in [0.25, 0.3) is 0 Å². The first-order valence-corrected chi connectivity index (χ1v) is 6.85. The van der Waals surface area contributed by atoms with Crippen LogP contribution in [-0.4, -0.2) is 37.4 Å². The molecular formula is C17H15NO5. The molecule has 3 rings (SSSR count). The molecule has 0 saturated carbocycles. The summed E-state index contributed by atoms with van der Waals surface area (Å²) in [6, 6.07) is 8.45. The molecule has 0 amide bonds. The average molecular weight is 313 g/mol. The molecule has 0 saturated heterocycles. The SMILES string of the molecule is COc1ccc2nc3c(OC)cc(OC)cc3c(C(=O)O)c2c1. The molecule has 0 aliphatic rings. The van der Waals surface area contributed by atoms with Crippen LogP contribution in [-0.2, 0) is 0 Å². The van der Waals surface area contributed by atoms with Gasteiger partial charge < -0.3 is 19.3 Å². The molecule has 3 aromatic rings. The molecule has 6 heteroatoms. The van der Waals surface area contributed by atoms with E-state index in [4.69, 9.17) is 14.2 Å². The minimum atomic E-state index is -1.05. The van der Waals surface area contributed by atoms with Gasteiger partial charge in [-0.25, -0.2) is 9.78 Å². The van der Waals surface area contributed by atoms with Gasteiger partial charge in [-0.3, -0.25) is 0 Å². The molecule has 23 heavy (non-hydrogen) atoms. The second-order valence-corrected chi connectivity index (χ2v) is 4.90. The Morgan fingerprint density at radius 3 is 2.26 bits per heavy atom. The molecule has 1 aromatic heterocycles. The van der Waals surface area contributed by atoms with Gasteiger partial charge in [0.05, 0.1) is 32.4 Å². The number of carboxylic acids is 1.